The number of aliphatic imine (C=N–C) groups is 1. The lowest BCUT2D eigenvalue weighted by atomic mass is 9.96. The molecule has 0 spiro atoms. The number of rotatable bonds is 6. The Morgan fingerprint density at radius 1 is 1.31 bits per heavy atom. The van der Waals surface area contributed by atoms with Gasteiger partial charge in [-0.15, -0.1) is 0 Å². The third-order valence-corrected chi connectivity index (χ3v) is 5.63. The number of guanidine groups is 1. The maximum Gasteiger partial charge on any atom is 0.222 e. The number of nitrogens with one attached hydrogen (secondary N) is 2. The van der Waals surface area contributed by atoms with Gasteiger partial charge in [-0.1, -0.05) is 30.7 Å². The summed E-state index contributed by atoms with van der Waals surface area (Å²) in [7, 11) is 0. The van der Waals surface area contributed by atoms with Crippen LogP contribution in [0.1, 0.15) is 45.1 Å². The van der Waals surface area contributed by atoms with E-state index in [1.54, 1.807) is 0 Å². The maximum atomic E-state index is 11.9. The Hall–Kier alpha value is -1.75. The molecule has 3 rings (SSSR count). The molecule has 2 fully saturated rings. The van der Waals surface area contributed by atoms with Crippen LogP contribution in [0.15, 0.2) is 29.3 Å². The zero-order valence-corrected chi connectivity index (χ0v) is 16.5. The molecule has 1 aliphatic heterocycles. The van der Waals surface area contributed by atoms with Crippen molar-refractivity contribution < 1.29 is 4.79 Å². The van der Waals surface area contributed by atoms with Gasteiger partial charge >= 0.3 is 0 Å². The van der Waals surface area contributed by atoms with E-state index in [4.69, 9.17) is 16.6 Å². The van der Waals surface area contributed by atoms with Gasteiger partial charge in [0.05, 0.1) is 6.54 Å². The fourth-order valence-corrected chi connectivity index (χ4v) is 3.69. The highest BCUT2D eigenvalue weighted by Crippen LogP contribution is 2.48. The quantitative estimate of drug-likeness (QED) is 0.592. The average Bonchev–Trinajstić information content (AvgIpc) is 3.30. The summed E-state index contributed by atoms with van der Waals surface area (Å²) in [5.41, 5.74) is 1.48. The molecule has 1 aromatic rings. The Morgan fingerprint density at radius 3 is 2.65 bits per heavy atom. The zero-order chi connectivity index (χ0) is 18.6. The summed E-state index contributed by atoms with van der Waals surface area (Å²) in [6.45, 7) is 7.18. The molecule has 1 heterocycles. The lowest BCUT2D eigenvalue weighted by Crippen LogP contribution is -2.45. The van der Waals surface area contributed by atoms with Gasteiger partial charge < -0.3 is 15.5 Å². The zero-order valence-electron chi connectivity index (χ0n) is 15.7. The van der Waals surface area contributed by atoms with Crippen LogP contribution in [0.2, 0.25) is 5.02 Å². The van der Waals surface area contributed by atoms with Crippen molar-refractivity contribution >= 4 is 23.5 Å². The van der Waals surface area contributed by atoms with E-state index >= 15 is 0 Å². The number of benzene rings is 1. The summed E-state index contributed by atoms with van der Waals surface area (Å²) >= 11 is 6.02. The molecule has 0 aromatic heterocycles. The molecule has 0 bridgehead atoms. The van der Waals surface area contributed by atoms with Crippen molar-refractivity contribution in [3.8, 4) is 0 Å². The van der Waals surface area contributed by atoms with Crippen molar-refractivity contribution in [2.24, 2.45) is 4.99 Å². The van der Waals surface area contributed by atoms with Gasteiger partial charge in [-0.3, -0.25) is 9.79 Å². The molecule has 1 amide bonds. The molecule has 1 unspecified atom stereocenters. The number of carbonyl (C=O) groups is 1. The van der Waals surface area contributed by atoms with Crippen molar-refractivity contribution in [2.45, 2.75) is 51.0 Å². The van der Waals surface area contributed by atoms with Crippen molar-refractivity contribution in [3.05, 3.63) is 34.9 Å². The van der Waals surface area contributed by atoms with Gasteiger partial charge in [-0.25, -0.2) is 0 Å². The summed E-state index contributed by atoms with van der Waals surface area (Å²) in [5.74, 6) is 1.08. The van der Waals surface area contributed by atoms with Crippen LogP contribution >= 0.6 is 11.6 Å². The lowest BCUT2D eigenvalue weighted by molar-refractivity contribution is -0.129. The third-order valence-electron chi connectivity index (χ3n) is 5.38. The molecule has 2 aliphatic rings. The summed E-state index contributed by atoms with van der Waals surface area (Å²) in [6.07, 6.45) is 3.88. The van der Waals surface area contributed by atoms with Crippen molar-refractivity contribution in [3.63, 3.8) is 0 Å². The van der Waals surface area contributed by atoms with Gasteiger partial charge in [-0.2, -0.15) is 0 Å². The van der Waals surface area contributed by atoms with Crippen LogP contribution in [0, 0.1) is 0 Å². The molecule has 2 N–H and O–H groups in total. The molecule has 0 radical (unpaired) electrons. The summed E-state index contributed by atoms with van der Waals surface area (Å²) < 4.78 is 0. The Balaban J connectivity index is 1.61. The van der Waals surface area contributed by atoms with Crippen LogP contribution in [-0.2, 0) is 10.2 Å². The Bertz CT molecular complexity index is 654. The molecule has 1 aliphatic carbocycles. The van der Waals surface area contributed by atoms with Gasteiger partial charge in [0.25, 0.3) is 0 Å². The second kappa shape index (κ2) is 8.30. The average molecular weight is 377 g/mol. The summed E-state index contributed by atoms with van der Waals surface area (Å²) in [4.78, 5) is 18.7. The van der Waals surface area contributed by atoms with E-state index in [0.717, 1.165) is 43.6 Å². The summed E-state index contributed by atoms with van der Waals surface area (Å²) in [6, 6.07) is 8.44. The molecular weight excluding hydrogens is 348 g/mol. The number of halogens is 1. The number of nitrogens with zero attached hydrogens (tertiary/aromatic N) is 2. The largest absolute Gasteiger partial charge is 0.357 e. The van der Waals surface area contributed by atoms with Gasteiger partial charge in [-0.05, 0) is 43.9 Å². The number of hydrogen-bond donors (Lipinski definition) is 2. The van der Waals surface area contributed by atoms with E-state index in [1.165, 1.54) is 18.4 Å². The standard InChI is InChI=1S/C20H29ClN4O/c1-3-18(26)25-12-9-17(13-25)24-19(22-4-2)23-14-20(10-11-20)15-5-7-16(21)8-6-15/h5-8,17H,3-4,9-14H2,1-2H3,(H2,22,23,24). The highest BCUT2D eigenvalue weighted by Gasteiger charge is 2.44. The highest BCUT2D eigenvalue weighted by molar-refractivity contribution is 6.30. The topological polar surface area (TPSA) is 56.7 Å². The van der Waals surface area contributed by atoms with E-state index < -0.39 is 0 Å². The number of likely N-dealkylation sites (tertiary alicyclic amines) is 1. The molecule has 142 valence electrons. The van der Waals surface area contributed by atoms with Crippen LogP contribution in [0.5, 0.6) is 0 Å². The van der Waals surface area contributed by atoms with Crippen LogP contribution in [-0.4, -0.2) is 49.0 Å². The molecule has 1 aromatic carbocycles. The van der Waals surface area contributed by atoms with E-state index in [-0.39, 0.29) is 17.4 Å². The summed E-state index contributed by atoms with van der Waals surface area (Å²) in [5, 5.41) is 7.63. The first-order chi connectivity index (χ1) is 12.6. The fraction of sp³-hybridized carbons (Fsp3) is 0.600. The lowest BCUT2D eigenvalue weighted by Gasteiger charge is -2.20. The van der Waals surface area contributed by atoms with Gasteiger partial charge in [0, 0.05) is 42.5 Å². The smallest absolute Gasteiger partial charge is 0.222 e. The van der Waals surface area contributed by atoms with Crippen molar-refractivity contribution in [1.82, 2.24) is 15.5 Å². The first kappa shape index (κ1) is 19.0. The second-order valence-electron chi connectivity index (χ2n) is 7.31. The second-order valence-corrected chi connectivity index (χ2v) is 7.74. The van der Waals surface area contributed by atoms with Crippen LogP contribution in [0.25, 0.3) is 0 Å². The van der Waals surface area contributed by atoms with Gasteiger partial charge in [0.15, 0.2) is 5.96 Å². The SMILES string of the molecule is CCNC(=NCC1(c2ccc(Cl)cc2)CC1)NC1CCN(C(=O)CC)C1. The molecule has 1 atom stereocenters. The van der Waals surface area contributed by atoms with E-state index in [9.17, 15) is 4.79 Å². The van der Waals surface area contributed by atoms with Crippen molar-refractivity contribution in [2.75, 3.05) is 26.2 Å². The third kappa shape index (κ3) is 4.50. The Kier molecular flexibility index (Phi) is 6.07. The molecule has 5 nitrogen and oxygen atoms in total. The Labute approximate surface area is 161 Å². The molecule has 1 saturated carbocycles. The minimum Gasteiger partial charge on any atom is -0.357 e. The van der Waals surface area contributed by atoms with Crippen LogP contribution in [0.3, 0.4) is 0 Å². The molecule has 6 heteroatoms. The number of carbonyl (C=O) groups excluding carboxylic acids is 1. The van der Waals surface area contributed by atoms with Gasteiger partial charge in [0.2, 0.25) is 5.91 Å². The predicted molar refractivity (Wildman–Crippen MR) is 107 cm³/mol. The van der Waals surface area contributed by atoms with Gasteiger partial charge in [0.1, 0.15) is 0 Å². The predicted octanol–water partition coefficient (Wildman–Crippen LogP) is 2.94. The molecular formula is C20H29ClN4O. The first-order valence-electron chi connectivity index (χ1n) is 9.65. The minimum atomic E-state index is 0.160. The Morgan fingerprint density at radius 2 is 2.04 bits per heavy atom. The van der Waals surface area contributed by atoms with E-state index in [2.05, 4.69) is 29.7 Å². The maximum absolute atomic E-state index is 11.9. The fourth-order valence-electron chi connectivity index (χ4n) is 3.56. The van der Waals surface area contributed by atoms with Crippen LogP contribution < -0.4 is 10.6 Å². The van der Waals surface area contributed by atoms with Crippen LogP contribution in [0.4, 0.5) is 0 Å². The monoisotopic (exact) mass is 376 g/mol. The van der Waals surface area contributed by atoms with Crippen molar-refractivity contribution in [1.29, 1.82) is 0 Å². The van der Waals surface area contributed by atoms with E-state index in [1.807, 2.05) is 24.0 Å². The highest BCUT2D eigenvalue weighted by atomic mass is 35.5. The van der Waals surface area contributed by atoms with E-state index in [0.29, 0.717) is 6.42 Å². The minimum absolute atomic E-state index is 0.160. The molecule has 1 saturated heterocycles. The first-order valence-corrected chi connectivity index (χ1v) is 10.0. The number of amides is 1. The normalized spacial score (nSPS) is 21.6. The molecule has 26 heavy (non-hydrogen) atoms. The number of hydrogen-bond acceptors (Lipinski definition) is 2.